The van der Waals surface area contributed by atoms with E-state index in [1.165, 1.54) is 0 Å². The molecule has 0 radical (unpaired) electrons. The largest absolute Gasteiger partial charge is 0.462 e. The molecule has 25 heavy (non-hydrogen) atoms. The molecule has 0 aromatic heterocycles. The SMILES string of the molecule is C=CC(=O)OCC(COC(=O)C=C)(COC(=O)C=C)C(C)OCCC. The minimum Gasteiger partial charge on any atom is -0.462 e. The molecule has 0 aliphatic carbocycles. The van der Waals surface area contributed by atoms with Crippen molar-refractivity contribution in [3.05, 3.63) is 38.0 Å². The molecule has 0 N–H and O–H groups in total. The molecule has 0 spiro atoms. The second kappa shape index (κ2) is 12.0. The van der Waals surface area contributed by atoms with E-state index < -0.39 is 29.4 Å². The van der Waals surface area contributed by atoms with Gasteiger partial charge in [0.1, 0.15) is 19.8 Å². The fourth-order valence-corrected chi connectivity index (χ4v) is 1.77. The van der Waals surface area contributed by atoms with Crippen LogP contribution < -0.4 is 0 Å². The Morgan fingerprint density at radius 3 is 1.52 bits per heavy atom. The highest BCUT2D eigenvalue weighted by Gasteiger charge is 2.41. The predicted molar refractivity (Wildman–Crippen MR) is 91.6 cm³/mol. The van der Waals surface area contributed by atoms with Crippen molar-refractivity contribution >= 4 is 17.9 Å². The number of rotatable bonds is 13. The molecular weight excluding hydrogens is 328 g/mol. The molecule has 0 amide bonds. The van der Waals surface area contributed by atoms with Gasteiger partial charge >= 0.3 is 17.9 Å². The molecule has 0 aliphatic rings. The van der Waals surface area contributed by atoms with Gasteiger partial charge in [-0.3, -0.25) is 0 Å². The second-order valence-electron chi connectivity index (χ2n) is 5.31. The van der Waals surface area contributed by atoms with Gasteiger partial charge in [-0.2, -0.15) is 0 Å². The number of carbonyl (C=O) groups excluding carboxylic acids is 3. The third-order valence-corrected chi connectivity index (χ3v) is 3.44. The lowest BCUT2D eigenvalue weighted by molar-refractivity contribution is -0.170. The van der Waals surface area contributed by atoms with Crippen molar-refractivity contribution in [3.63, 3.8) is 0 Å². The first-order valence-electron chi connectivity index (χ1n) is 7.84. The molecule has 0 saturated carbocycles. The molecule has 0 aromatic rings. The van der Waals surface area contributed by atoms with Gasteiger partial charge in [-0.25, -0.2) is 14.4 Å². The van der Waals surface area contributed by atoms with Crippen LogP contribution in [0.25, 0.3) is 0 Å². The minimum atomic E-state index is -1.09. The average molecular weight is 354 g/mol. The summed E-state index contributed by atoms with van der Waals surface area (Å²) in [6.07, 6.45) is 3.24. The van der Waals surface area contributed by atoms with Crippen molar-refractivity contribution in [1.29, 1.82) is 0 Å². The molecule has 7 heteroatoms. The quantitative estimate of drug-likeness (QED) is 0.284. The minimum absolute atomic E-state index is 0.197. The normalized spacial score (nSPS) is 11.8. The maximum Gasteiger partial charge on any atom is 0.330 e. The molecule has 0 bridgehead atoms. The molecule has 140 valence electrons. The number of carbonyl (C=O) groups is 3. The lowest BCUT2D eigenvalue weighted by Crippen LogP contribution is -2.48. The molecule has 7 nitrogen and oxygen atoms in total. The highest BCUT2D eigenvalue weighted by molar-refractivity contribution is 5.82. The summed E-state index contributed by atoms with van der Waals surface area (Å²) in [6, 6.07) is 0. The molecule has 0 rings (SSSR count). The standard InChI is InChI=1S/C18H26O7/c1-6-10-22-14(5)18(11-23-15(19)7-2,12-24-16(20)8-3)13-25-17(21)9-4/h7-9,14H,2-4,6,10-13H2,1,5H3. The molecule has 1 atom stereocenters. The maximum atomic E-state index is 11.5. The Balaban J connectivity index is 5.45. The number of hydrogen-bond donors (Lipinski definition) is 0. The third kappa shape index (κ3) is 8.30. The van der Waals surface area contributed by atoms with Crippen LogP contribution in [0, 0.1) is 5.41 Å². The smallest absolute Gasteiger partial charge is 0.330 e. The van der Waals surface area contributed by atoms with Gasteiger partial charge in [-0.1, -0.05) is 26.7 Å². The third-order valence-electron chi connectivity index (χ3n) is 3.44. The molecule has 0 heterocycles. The molecule has 0 saturated heterocycles. The van der Waals surface area contributed by atoms with Gasteiger partial charge in [0.05, 0.1) is 11.5 Å². The fourth-order valence-electron chi connectivity index (χ4n) is 1.77. The first-order chi connectivity index (χ1) is 11.8. The lowest BCUT2D eigenvalue weighted by Gasteiger charge is -2.36. The van der Waals surface area contributed by atoms with Crippen LogP contribution >= 0.6 is 0 Å². The van der Waals surface area contributed by atoms with Gasteiger partial charge in [0.25, 0.3) is 0 Å². The summed E-state index contributed by atoms with van der Waals surface area (Å²) >= 11 is 0. The van der Waals surface area contributed by atoms with E-state index in [1.54, 1.807) is 6.92 Å². The first kappa shape index (κ1) is 22.6. The van der Waals surface area contributed by atoms with Gasteiger partial charge in [0, 0.05) is 24.8 Å². The molecule has 0 aliphatic heterocycles. The zero-order chi connectivity index (χ0) is 19.3. The average Bonchev–Trinajstić information content (AvgIpc) is 2.64. The van der Waals surface area contributed by atoms with Crippen molar-refractivity contribution in [2.45, 2.75) is 26.4 Å². The van der Waals surface area contributed by atoms with E-state index in [4.69, 9.17) is 18.9 Å². The van der Waals surface area contributed by atoms with Crippen LogP contribution in [0.1, 0.15) is 20.3 Å². The van der Waals surface area contributed by atoms with Gasteiger partial charge in [-0.05, 0) is 13.3 Å². The summed E-state index contributed by atoms with van der Waals surface area (Å²) in [5.74, 6) is -1.97. The van der Waals surface area contributed by atoms with Crippen LogP contribution in [0.3, 0.4) is 0 Å². The summed E-state index contributed by atoms with van der Waals surface area (Å²) in [5.41, 5.74) is -1.09. The van der Waals surface area contributed by atoms with Gasteiger partial charge in [0.15, 0.2) is 0 Å². The fraction of sp³-hybridized carbons (Fsp3) is 0.500. The van der Waals surface area contributed by atoms with Crippen LogP contribution in [0.4, 0.5) is 0 Å². The van der Waals surface area contributed by atoms with E-state index >= 15 is 0 Å². The van der Waals surface area contributed by atoms with Crippen molar-refractivity contribution in [1.82, 2.24) is 0 Å². The predicted octanol–water partition coefficient (Wildman–Crippen LogP) is 1.98. The van der Waals surface area contributed by atoms with E-state index in [0.29, 0.717) is 6.61 Å². The van der Waals surface area contributed by atoms with E-state index in [0.717, 1.165) is 24.6 Å². The molecule has 0 fully saturated rings. The zero-order valence-electron chi connectivity index (χ0n) is 14.8. The monoisotopic (exact) mass is 354 g/mol. The van der Waals surface area contributed by atoms with Crippen LogP contribution in [0.5, 0.6) is 0 Å². The number of esters is 3. The Morgan fingerprint density at radius 2 is 1.24 bits per heavy atom. The molecular formula is C18H26O7. The number of ether oxygens (including phenoxy) is 4. The van der Waals surface area contributed by atoms with Gasteiger partial charge < -0.3 is 18.9 Å². The summed E-state index contributed by atoms with van der Waals surface area (Å²) in [7, 11) is 0. The summed E-state index contributed by atoms with van der Waals surface area (Å²) < 4.78 is 21.1. The Kier molecular flexibility index (Phi) is 10.9. The van der Waals surface area contributed by atoms with E-state index in [9.17, 15) is 14.4 Å². The number of hydrogen-bond acceptors (Lipinski definition) is 7. The van der Waals surface area contributed by atoms with E-state index in [-0.39, 0.29) is 19.8 Å². The maximum absolute atomic E-state index is 11.5. The zero-order valence-corrected chi connectivity index (χ0v) is 14.8. The van der Waals surface area contributed by atoms with Crippen molar-refractivity contribution < 1.29 is 33.3 Å². The highest BCUT2D eigenvalue weighted by atomic mass is 16.6. The van der Waals surface area contributed by atoms with Gasteiger partial charge in [0.2, 0.25) is 0 Å². The van der Waals surface area contributed by atoms with Crippen molar-refractivity contribution in [2.75, 3.05) is 26.4 Å². The van der Waals surface area contributed by atoms with Crippen LogP contribution in [-0.4, -0.2) is 50.4 Å². The Labute approximate surface area is 148 Å². The molecule has 1 unspecified atom stereocenters. The topological polar surface area (TPSA) is 88.1 Å². The Bertz CT molecular complexity index is 436. The highest BCUT2D eigenvalue weighted by Crippen LogP contribution is 2.28. The van der Waals surface area contributed by atoms with Crippen LogP contribution in [0.15, 0.2) is 38.0 Å². The Morgan fingerprint density at radius 1 is 0.880 bits per heavy atom. The second-order valence-corrected chi connectivity index (χ2v) is 5.31. The van der Waals surface area contributed by atoms with E-state index in [1.807, 2.05) is 6.92 Å². The lowest BCUT2D eigenvalue weighted by atomic mass is 9.85. The summed E-state index contributed by atoms with van der Waals surface area (Å²) in [5, 5.41) is 0. The molecule has 0 aromatic carbocycles. The van der Waals surface area contributed by atoms with Gasteiger partial charge in [-0.15, -0.1) is 0 Å². The summed E-state index contributed by atoms with van der Waals surface area (Å²) in [4.78, 5) is 34.4. The van der Waals surface area contributed by atoms with Crippen LogP contribution in [0.2, 0.25) is 0 Å². The van der Waals surface area contributed by atoms with Crippen molar-refractivity contribution in [3.8, 4) is 0 Å². The van der Waals surface area contributed by atoms with Crippen LogP contribution in [-0.2, 0) is 33.3 Å². The summed E-state index contributed by atoms with van der Waals surface area (Å²) in [6.45, 7) is 13.5. The van der Waals surface area contributed by atoms with E-state index in [2.05, 4.69) is 19.7 Å². The Hall–Kier alpha value is -2.41. The van der Waals surface area contributed by atoms with Crippen molar-refractivity contribution in [2.24, 2.45) is 5.41 Å². The first-order valence-corrected chi connectivity index (χ1v) is 7.84.